The van der Waals surface area contributed by atoms with Gasteiger partial charge in [0.2, 0.25) is 5.91 Å². The van der Waals surface area contributed by atoms with Crippen LogP contribution >= 0.6 is 11.8 Å². The predicted octanol–water partition coefficient (Wildman–Crippen LogP) is 5.03. The Morgan fingerprint density at radius 1 is 1.11 bits per heavy atom. The number of halogens is 1. The highest BCUT2D eigenvalue weighted by Gasteiger charge is 2.22. The number of hydrogen-bond donors (Lipinski definition) is 0. The molecule has 0 atom stereocenters. The van der Waals surface area contributed by atoms with Gasteiger partial charge in [-0.05, 0) is 64.3 Å². The summed E-state index contributed by atoms with van der Waals surface area (Å²) in [5, 5.41) is 9.32. The molecule has 3 aromatic rings. The standard InChI is InChI=1S/C26H32FN5O2S/c1-5-31-24(15-30-12-8-6-7-9-25(30)34)28-29-26(31)35-16-23(33)21-13-18(3)32(19(21)4)20-11-10-17(2)22(27)14-20/h10-11,13-14H,5-9,12,15-16H2,1-4H3. The van der Waals surface area contributed by atoms with Gasteiger partial charge in [0.15, 0.2) is 16.8 Å². The van der Waals surface area contributed by atoms with Gasteiger partial charge in [-0.1, -0.05) is 24.2 Å². The van der Waals surface area contributed by atoms with Crippen molar-refractivity contribution in [1.29, 1.82) is 0 Å². The molecule has 0 unspecified atom stereocenters. The Morgan fingerprint density at radius 3 is 2.66 bits per heavy atom. The Hall–Kier alpha value is -2.94. The van der Waals surface area contributed by atoms with E-state index in [0.717, 1.165) is 43.0 Å². The van der Waals surface area contributed by atoms with Gasteiger partial charge < -0.3 is 14.0 Å². The summed E-state index contributed by atoms with van der Waals surface area (Å²) in [6, 6.07) is 6.96. The van der Waals surface area contributed by atoms with Gasteiger partial charge in [0.25, 0.3) is 0 Å². The van der Waals surface area contributed by atoms with E-state index in [1.807, 2.05) is 46.9 Å². The molecule has 0 spiro atoms. The Labute approximate surface area is 209 Å². The van der Waals surface area contributed by atoms with Crippen molar-refractivity contribution in [1.82, 2.24) is 24.2 Å². The van der Waals surface area contributed by atoms with E-state index in [9.17, 15) is 14.0 Å². The van der Waals surface area contributed by atoms with E-state index >= 15 is 0 Å². The highest BCUT2D eigenvalue weighted by atomic mass is 32.2. The van der Waals surface area contributed by atoms with Crippen LogP contribution in [0.3, 0.4) is 0 Å². The Morgan fingerprint density at radius 2 is 1.91 bits per heavy atom. The number of rotatable bonds is 8. The van der Waals surface area contributed by atoms with Gasteiger partial charge in [-0.15, -0.1) is 10.2 Å². The monoisotopic (exact) mass is 497 g/mol. The molecular weight excluding hydrogens is 465 g/mol. The number of hydrogen-bond acceptors (Lipinski definition) is 5. The van der Waals surface area contributed by atoms with Crippen molar-refractivity contribution in [3.8, 4) is 5.69 Å². The van der Waals surface area contributed by atoms with E-state index in [1.54, 1.807) is 13.0 Å². The first kappa shape index (κ1) is 25.2. The molecule has 0 bridgehead atoms. The fraction of sp³-hybridized carbons (Fsp3) is 0.462. The first-order valence-corrected chi connectivity index (χ1v) is 13.1. The highest BCUT2D eigenvalue weighted by molar-refractivity contribution is 7.99. The zero-order valence-corrected chi connectivity index (χ0v) is 21.6. The number of likely N-dealkylation sites (tertiary alicyclic amines) is 1. The second-order valence-electron chi connectivity index (χ2n) is 9.03. The van der Waals surface area contributed by atoms with Crippen LogP contribution in [0.1, 0.15) is 65.7 Å². The summed E-state index contributed by atoms with van der Waals surface area (Å²) < 4.78 is 18.0. The normalized spacial score (nSPS) is 14.4. The van der Waals surface area contributed by atoms with Crippen molar-refractivity contribution in [2.45, 2.75) is 71.6 Å². The molecule has 35 heavy (non-hydrogen) atoms. The summed E-state index contributed by atoms with van der Waals surface area (Å²) in [5.74, 6) is 0.846. The summed E-state index contributed by atoms with van der Waals surface area (Å²) >= 11 is 1.35. The second kappa shape index (κ2) is 10.8. The van der Waals surface area contributed by atoms with Crippen LogP contribution < -0.4 is 0 Å². The lowest BCUT2D eigenvalue weighted by Gasteiger charge is -2.20. The third-order valence-electron chi connectivity index (χ3n) is 6.59. The van der Waals surface area contributed by atoms with Crippen molar-refractivity contribution >= 4 is 23.5 Å². The van der Waals surface area contributed by atoms with Crippen LogP contribution in [0.2, 0.25) is 0 Å². The minimum atomic E-state index is -0.269. The molecule has 4 rings (SSSR count). The van der Waals surface area contributed by atoms with E-state index in [1.165, 1.54) is 17.8 Å². The number of benzene rings is 1. The molecule has 1 aliphatic rings. The fourth-order valence-electron chi connectivity index (χ4n) is 4.61. The molecule has 0 saturated carbocycles. The molecular formula is C26H32FN5O2S. The summed E-state index contributed by atoms with van der Waals surface area (Å²) in [4.78, 5) is 27.4. The molecule has 1 saturated heterocycles. The number of ketones is 1. The number of carbonyl (C=O) groups is 2. The Bertz CT molecular complexity index is 1250. The largest absolute Gasteiger partial charge is 0.335 e. The van der Waals surface area contributed by atoms with E-state index < -0.39 is 0 Å². The van der Waals surface area contributed by atoms with Crippen LogP contribution in [0.4, 0.5) is 4.39 Å². The molecule has 2 aromatic heterocycles. The van der Waals surface area contributed by atoms with Crippen molar-refractivity contribution in [2.24, 2.45) is 0 Å². The fourth-order valence-corrected chi connectivity index (χ4v) is 5.51. The smallest absolute Gasteiger partial charge is 0.222 e. The Balaban J connectivity index is 1.48. The number of Topliss-reactive ketones (excluding diaryl/α,β-unsaturated/α-hetero) is 1. The first-order chi connectivity index (χ1) is 16.8. The van der Waals surface area contributed by atoms with Crippen LogP contribution in [0, 0.1) is 26.6 Å². The van der Waals surface area contributed by atoms with Crippen molar-refractivity contribution < 1.29 is 14.0 Å². The van der Waals surface area contributed by atoms with Gasteiger partial charge in [-0.3, -0.25) is 9.59 Å². The van der Waals surface area contributed by atoms with E-state index in [4.69, 9.17) is 0 Å². The quantitative estimate of drug-likeness (QED) is 0.322. The maximum Gasteiger partial charge on any atom is 0.222 e. The van der Waals surface area contributed by atoms with Crippen LogP contribution in [0.25, 0.3) is 5.69 Å². The molecule has 1 fully saturated rings. The molecule has 0 aliphatic carbocycles. The van der Waals surface area contributed by atoms with Gasteiger partial charge in [0, 0.05) is 42.1 Å². The van der Waals surface area contributed by atoms with E-state index in [-0.39, 0.29) is 23.3 Å². The van der Waals surface area contributed by atoms with Crippen molar-refractivity contribution in [2.75, 3.05) is 12.3 Å². The van der Waals surface area contributed by atoms with Crippen LogP contribution in [0.5, 0.6) is 0 Å². The third-order valence-corrected chi connectivity index (χ3v) is 7.56. The zero-order chi connectivity index (χ0) is 25.1. The van der Waals surface area contributed by atoms with Crippen molar-refractivity contribution in [3.63, 3.8) is 0 Å². The van der Waals surface area contributed by atoms with Gasteiger partial charge in [0.05, 0.1) is 12.3 Å². The maximum absolute atomic E-state index is 14.1. The van der Waals surface area contributed by atoms with Gasteiger partial charge in [-0.25, -0.2) is 4.39 Å². The molecule has 0 radical (unpaired) electrons. The average Bonchev–Trinajstić information content (AvgIpc) is 3.28. The number of aromatic nitrogens is 4. The average molecular weight is 498 g/mol. The van der Waals surface area contributed by atoms with E-state index in [0.29, 0.717) is 41.5 Å². The minimum Gasteiger partial charge on any atom is -0.335 e. The van der Waals surface area contributed by atoms with Crippen LogP contribution in [0.15, 0.2) is 29.4 Å². The second-order valence-corrected chi connectivity index (χ2v) is 9.98. The molecule has 1 aliphatic heterocycles. The summed E-state index contributed by atoms with van der Waals surface area (Å²) in [6.07, 6.45) is 3.61. The summed E-state index contributed by atoms with van der Waals surface area (Å²) in [6.45, 7) is 9.39. The van der Waals surface area contributed by atoms with Crippen LogP contribution in [-0.4, -0.2) is 48.2 Å². The zero-order valence-electron chi connectivity index (χ0n) is 20.8. The third kappa shape index (κ3) is 5.34. The lowest BCUT2D eigenvalue weighted by Crippen LogP contribution is -2.31. The molecule has 0 N–H and O–H groups in total. The molecule has 1 amide bonds. The Kier molecular flexibility index (Phi) is 7.74. The molecule has 1 aromatic carbocycles. The number of nitrogens with zero attached hydrogens (tertiary/aromatic N) is 5. The summed E-state index contributed by atoms with van der Waals surface area (Å²) in [5.41, 5.74) is 3.57. The predicted molar refractivity (Wildman–Crippen MR) is 135 cm³/mol. The molecule has 7 nitrogen and oxygen atoms in total. The van der Waals surface area contributed by atoms with Gasteiger partial charge in [-0.2, -0.15) is 0 Å². The number of thioether (sulfide) groups is 1. The first-order valence-electron chi connectivity index (χ1n) is 12.1. The SMILES string of the molecule is CCn1c(CN2CCCCCC2=O)nnc1SCC(=O)c1cc(C)n(-c2ccc(C)c(F)c2)c1C. The lowest BCUT2D eigenvalue weighted by atomic mass is 10.2. The van der Waals surface area contributed by atoms with E-state index in [2.05, 4.69) is 10.2 Å². The van der Waals surface area contributed by atoms with Gasteiger partial charge in [0.1, 0.15) is 5.82 Å². The highest BCUT2D eigenvalue weighted by Crippen LogP contribution is 2.26. The number of aryl methyl sites for hydroxylation is 2. The summed E-state index contributed by atoms with van der Waals surface area (Å²) in [7, 11) is 0. The lowest BCUT2D eigenvalue weighted by molar-refractivity contribution is -0.131. The molecule has 9 heteroatoms. The van der Waals surface area contributed by atoms with Crippen LogP contribution in [-0.2, 0) is 17.9 Å². The van der Waals surface area contributed by atoms with Crippen molar-refractivity contribution in [3.05, 3.63) is 58.4 Å². The minimum absolute atomic E-state index is 0.0168. The molecule has 186 valence electrons. The number of carbonyl (C=O) groups excluding carboxylic acids is 2. The van der Waals surface area contributed by atoms with Gasteiger partial charge >= 0.3 is 0 Å². The topological polar surface area (TPSA) is 73.0 Å². The number of amides is 1. The molecule has 3 heterocycles. The maximum atomic E-state index is 14.1.